The lowest BCUT2D eigenvalue weighted by molar-refractivity contribution is -0.121. The van der Waals surface area contributed by atoms with Crippen LogP contribution in [-0.2, 0) is 11.8 Å². The number of imidazole rings is 1. The topological polar surface area (TPSA) is 84.3 Å². The zero-order chi connectivity index (χ0) is 22.1. The van der Waals surface area contributed by atoms with Gasteiger partial charge in [0.25, 0.3) is 11.8 Å². The largest absolute Gasteiger partial charge is 0.342 e. The fraction of sp³-hybridized carbons (Fsp3) is 0.182. The molecule has 3 aromatic rings. The highest BCUT2D eigenvalue weighted by Crippen LogP contribution is 2.26. The van der Waals surface area contributed by atoms with E-state index >= 15 is 0 Å². The summed E-state index contributed by atoms with van der Waals surface area (Å²) in [4.78, 5) is 43.2. The zero-order valence-electron chi connectivity index (χ0n) is 16.5. The molecular formula is C22H18BrFN4O3. The molecule has 1 aliphatic rings. The second kappa shape index (κ2) is 8.43. The van der Waals surface area contributed by atoms with Gasteiger partial charge in [0.1, 0.15) is 17.7 Å². The summed E-state index contributed by atoms with van der Waals surface area (Å²) in [6, 6.07) is 10.1. The molecule has 2 aromatic carbocycles. The van der Waals surface area contributed by atoms with E-state index in [1.807, 2.05) is 0 Å². The molecule has 3 amide bonds. The van der Waals surface area contributed by atoms with Gasteiger partial charge in [-0.1, -0.05) is 28.1 Å². The van der Waals surface area contributed by atoms with Crippen LogP contribution in [0.1, 0.15) is 44.6 Å². The Kier molecular flexibility index (Phi) is 5.69. The first kappa shape index (κ1) is 20.9. The van der Waals surface area contributed by atoms with E-state index in [2.05, 4.69) is 26.2 Å². The summed E-state index contributed by atoms with van der Waals surface area (Å²) in [6.45, 7) is -0.0633. The van der Waals surface area contributed by atoms with Gasteiger partial charge in [0.2, 0.25) is 5.91 Å². The van der Waals surface area contributed by atoms with E-state index in [1.54, 1.807) is 54.3 Å². The number of benzene rings is 2. The van der Waals surface area contributed by atoms with E-state index in [4.69, 9.17) is 0 Å². The third kappa shape index (κ3) is 4.13. The molecule has 2 heterocycles. The summed E-state index contributed by atoms with van der Waals surface area (Å²) in [6.07, 6.45) is 3.22. The Morgan fingerprint density at radius 1 is 1.16 bits per heavy atom. The van der Waals surface area contributed by atoms with Gasteiger partial charge in [-0.3, -0.25) is 19.3 Å². The van der Waals surface area contributed by atoms with Crippen LogP contribution in [0.2, 0.25) is 0 Å². The van der Waals surface area contributed by atoms with Crippen molar-refractivity contribution < 1.29 is 18.8 Å². The zero-order valence-corrected chi connectivity index (χ0v) is 18.1. The Balaban J connectivity index is 1.49. The molecule has 1 N–H and O–H groups in total. The Bertz CT molecular complexity index is 1190. The molecule has 4 rings (SSSR count). The van der Waals surface area contributed by atoms with Crippen LogP contribution in [0.25, 0.3) is 0 Å². The molecule has 0 saturated carbocycles. The lowest BCUT2D eigenvalue weighted by atomic mass is 10.1. The second-order valence-corrected chi connectivity index (χ2v) is 8.07. The van der Waals surface area contributed by atoms with Crippen molar-refractivity contribution in [3.05, 3.63) is 87.7 Å². The van der Waals surface area contributed by atoms with E-state index in [-0.39, 0.29) is 13.0 Å². The number of amides is 3. The predicted molar refractivity (Wildman–Crippen MR) is 114 cm³/mol. The minimum Gasteiger partial charge on any atom is -0.342 e. The summed E-state index contributed by atoms with van der Waals surface area (Å²) in [5.41, 5.74) is 1.16. The van der Waals surface area contributed by atoms with Gasteiger partial charge in [0.15, 0.2) is 0 Å². The third-order valence-electron chi connectivity index (χ3n) is 5.10. The van der Waals surface area contributed by atoms with Gasteiger partial charge in [-0.2, -0.15) is 0 Å². The molecule has 7 nitrogen and oxygen atoms in total. The second-order valence-electron chi connectivity index (χ2n) is 7.15. The van der Waals surface area contributed by atoms with E-state index in [9.17, 15) is 18.8 Å². The van der Waals surface area contributed by atoms with Crippen molar-refractivity contribution in [2.75, 3.05) is 6.54 Å². The van der Waals surface area contributed by atoms with Crippen molar-refractivity contribution in [2.24, 2.45) is 7.05 Å². The van der Waals surface area contributed by atoms with Crippen LogP contribution in [0.15, 0.2) is 59.3 Å². The van der Waals surface area contributed by atoms with E-state index in [0.717, 1.165) is 4.90 Å². The van der Waals surface area contributed by atoms with Gasteiger partial charge in [-0.25, -0.2) is 9.37 Å². The Morgan fingerprint density at radius 2 is 1.94 bits per heavy atom. The fourth-order valence-corrected chi connectivity index (χ4v) is 3.91. The van der Waals surface area contributed by atoms with Crippen LogP contribution in [-0.4, -0.2) is 38.7 Å². The minimum atomic E-state index is -0.679. The Morgan fingerprint density at radius 3 is 2.65 bits per heavy atom. The molecule has 1 atom stereocenters. The molecule has 158 valence electrons. The molecule has 1 aromatic heterocycles. The highest BCUT2D eigenvalue weighted by atomic mass is 79.9. The molecule has 0 saturated heterocycles. The fourth-order valence-electron chi connectivity index (χ4n) is 3.55. The summed E-state index contributed by atoms with van der Waals surface area (Å²) in [7, 11) is 1.78. The van der Waals surface area contributed by atoms with Crippen LogP contribution in [0.3, 0.4) is 0 Å². The number of halogens is 2. The van der Waals surface area contributed by atoms with Crippen molar-refractivity contribution in [2.45, 2.75) is 12.5 Å². The van der Waals surface area contributed by atoms with E-state index < -0.39 is 29.6 Å². The number of hydrogen-bond donors (Lipinski definition) is 1. The number of nitrogens with one attached hydrogen (secondary N) is 1. The number of fused-ring (bicyclic) bond motifs is 1. The van der Waals surface area contributed by atoms with Crippen molar-refractivity contribution in [3.63, 3.8) is 0 Å². The standard InChI is InChI=1S/C22H18BrFN4O3/c1-27-10-8-25-20(27)19(13-3-2-4-15(24)11-13)26-18(29)7-9-28-21(30)16-6-5-14(23)12-17(16)22(28)31/h2-6,8,10-12,19H,7,9H2,1H3,(H,26,29)/t19-/m0/s1. The lowest BCUT2D eigenvalue weighted by Gasteiger charge is -2.20. The van der Waals surface area contributed by atoms with Crippen molar-refractivity contribution in [3.8, 4) is 0 Å². The number of hydrogen-bond acceptors (Lipinski definition) is 4. The number of carbonyl (C=O) groups is 3. The normalized spacial score (nSPS) is 14.0. The van der Waals surface area contributed by atoms with Gasteiger partial charge in [-0.05, 0) is 35.9 Å². The molecule has 0 fully saturated rings. The Labute approximate surface area is 186 Å². The van der Waals surface area contributed by atoms with Crippen molar-refractivity contribution >= 4 is 33.7 Å². The maximum absolute atomic E-state index is 13.8. The molecule has 0 radical (unpaired) electrons. The maximum atomic E-state index is 13.8. The molecule has 0 bridgehead atoms. The van der Waals surface area contributed by atoms with E-state index in [0.29, 0.717) is 27.0 Å². The summed E-state index contributed by atoms with van der Waals surface area (Å²) < 4.78 is 16.2. The van der Waals surface area contributed by atoms with Crippen LogP contribution < -0.4 is 5.32 Å². The smallest absolute Gasteiger partial charge is 0.261 e. The molecule has 31 heavy (non-hydrogen) atoms. The monoisotopic (exact) mass is 484 g/mol. The maximum Gasteiger partial charge on any atom is 0.261 e. The number of aryl methyl sites for hydroxylation is 1. The number of rotatable bonds is 6. The van der Waals surface area contributed by atoms with Crippen LogP contribution in [0.5, 0.6) is 0 Å². The molecule has 0 aliphatic carbocycles. The van der Waals surface area contributed by atoms with Crippen molar-refractivity contribution in [1.82, 2.24) is 19.8 Å². The average molecular weight is 485 g/mol. The first-order valence-electron chi connectivity index (χ1n) is 9.53. The van der Waals surface area contributed by atoms with Crippen LogP contribution in [0.4, 0.5) is 4.39 Å². The summed E-state index contributed by atoms with van der Waals surface area (Å²) in [5, 5.41) is 2.84. The minimum absolute atomic E-state index is 0.0633. The Hall–Kier alpha value is -3.33. The molecule has 1 aliphatic heterocycles. The predicted octanol–water partition coefficient (Wildman–Crippen LogP) is 3.21. The third-order valence-corrected chi connectivity index (χ3v) is 5.59. The number of imide groups is 1. The van der Waals surface area contributed by atoms with Crippen LogP contribution >= 0.6 is 15.9 Å². The van der Waals surface area contributed by atoms with Gasteiger partial charge < -0.3 is 9.88 Å². The van der Waals surface area contributed by atoms with E-state index in [1.165, 1.54) is 12.1 Å². The lowest BCUT2D eigenvalue weighted by Crippen LogP contribution is -2.36. The highest BCUT2D eigenvalue weighted by molar-refractivity contribution is 9.10. The quantitative estimate of drug-likeness (QED) is 0.544. The van der Waals surface area contributed by atoms with Gasteiger partial charge >= 0.3 is 0 Å². The molecular weight excluding hydrogens is 467 g/mol. The molecule has 9 heteroatoms. The summed E-state index contributed by atoms with van der Waals surface area (Å²) >= 11 is 3.29. The van der Waals surface area contributed by atoms with Crippen molar-refractivity contribution in [1.29, 1.82) is 0 Å². The summed E-state index contributed by atoms with van der Waals surface area (Å²) in [5.74, 6) is -1.14. The SMILES string of the molecule is Cn1ccnc1[C@@H](NC(=O)CCN1C(=O)c2ccc(Br)cc2C1=O)c1cccc(F)c1. The number of carbonyl (C=O) groups excluding carboxylic acids is 3. The average Bonchev–Trinajstić information content (AvgIpc) is 3.26. The number of nitrogens with zero attached hydrogens (tertiary/aromatic N) is 3. The van der Waals surface area contributed by atoms with Gasteiger partial charge in [-0.15, -0.1) is 0 Å². The van der Waals surface area contributed by atoms with Gasteiger partial charge in [0, 0.05) is 36.9 Å². The van der Waals surface area contributed by atoms with Gasteiger partial charge in [0.05, 0.1) is 11.1 Å². The molecule has 0 unspecified atom stereocenters. The van der Waals surface area contributed by atoms with Crippen LogP contribution in [0, 0.1) is 5.82 Å². The number of aromatic nitrogens is 2. The first-order valence-corrected chi connectivity index (χ1v) is 10.3. The highest BCUT2D eigenvalue weighted by Gasteiger charge is 2.35. The first-order chi connectivity index (χ1) is 14.8. The molecule has 0 spiro atoms.